The van der Waals surface area contributed by atoms with Gasteiger partial charge in [0.1, 0.15) is 0 Å². The van der Waals surface area contributed by atoms with E-state index in [0.29, 0.717) is 6.20 Å². The summed E-state index contributed by atoms with van der Waals surface area (Å²) >= 11 is 0. The smallest absolute Gasteiger partial charge is 0.259 e. The Morgan fingerprint density at radius 3 is 2.12 bits per heavy atom. The number of nitro benzene ring substituents is 2. The van der Waals surface area contributed by atoms with Gasteiger partial charge in [0.25, 0.3) is 11.4 Å². The molecule has 0 saturated carbocycles. The van der Waals surface area contributed by atoms with E-state index in [2.05, 4.69) is 0 Å². The van der Waals surface area contributed by atoms with Crippen LogP contribution < -0.4 is 0 Å². The molecule has 0 saturated heterocycles. The van der Waals surface area contributed by atoms with E-state index in [1.54, 1.807) is 0 Å². The number of nitrogens with zero attached hydrogens (tertiary/aromatic N) is 3. The zero-order valence-electron chi connectivity index (χ0n) is 8.18. The van der Waals surface area contributed by atoms with Crippen molar-refractivity contribution in [2.24, 2.45) is 0 Å². The van der Waals surface area contributed by atoms with Gasteiger partial charge in [-0.25, -0.2) is 0 Å². The molecular weight excluding hydrogens is 234 g/mol. The SMILES string of the molecule is O=[N+]([O-])C=Cc1ccc([N+](=O)[O-])cc1[N+](=O)[O-]. The van der Waals surface area contributed by atoms with Crippen molar-refractivity contribution in [2.75, 3.05) is 0 Å². The van der Waals surface area contributed by atoms with Crippen molar-refractivity contribution in [3.05, 3.63) is 60.3 Å². The maximum atomic E-state index is 10.6. The van der Waals surface area contributed by atoms with Crippen molar-refractivity contribution >= 4 is 17.5 Å². The van der Waals surface area contributed by atoms with Crippen molar-refractivity contribution in [1.29, 1.82) is 0 Å². The number of non-ortho nitro benzene ring substituents is 1. The summed E-state index contributed by atoms with van der Waals surface area (Å²) < 4.78 is 0. The molecule has 0 unspecified atom stereocenters. The first-order chi connectivity index (χ1) is 7.91. The minimum absolute atomic E-state index is 0.0719. The maximum absolute atomic E-state index is 10.6. The summed E-state index contributed by atoms with van der Waals surface area (Å²) in [6.07, 6.45) is 1.43. The molecular formula is C8H5N3O6. The largest absolute Gasteiger partial charge is 0.283 e. The third-order valence-corrected chi connectivity index (χ3v) is 1.80. The zero-order chi connectivity index (χ0) is 13.0. The Balaban J connectivity index is 3.27. The van der Waals surface area contributed by atoms with Crippen LogP contribution in [0, 0.1) is 30.3 Å². The number of benzene rings is 1. The molecule has 0 N–H and O–H groups in total. The zero-order valence-corrected chi connectivity index (χ0v) is 8.18. The maximum Gasteiger partial charge on any atom is 0.283 e. The van der Waals surface area contributed by atoms with Crippen LogP contribution in [0.15, 0.2) is 24.4 Å². The lowest BCUT2D eigenvalue weighted by molar-refractivity contribution is -0.401. The summed E-state index contributed by atoms with van der Waals surface area (Å²) in [5.41, 5.74) is -1.08. The van der Waals surface area contributed by atoms with Crippen LogP contribution in [0.5, 0.6) is 0 Å². The third kappa shape index (κ3) is 3.06. The fourth-order valence-corrected chi connectivity index (χ4v) is 1.09. The predicted molar refractivity (Wildman–Crippen MR) is 55.8 cm³/mol. The third-order valence-electron chi connectivity index (χ3n) is 1.80. The lowest BCUT2D eigenvalue weighted by Gasteiger charge is -1.96. The molecule has 17 heavy (non-hydrogen) atoms. The molecule has 88 valence electrons. The molecule has 1 aromatic rings. The molecule has 0 heterocycles. The molecule has 0 aromatic heterocycles. The van der Waals surface area contributed by atoms with Crippen LogP contribution in [-0.4, -0.2) is 14.8 Å². The molecule has 0 fully saturated rings. The Kier molecular flexibility index (Phi) is 3.44. The molecule has 0 atom stereocenters. The van der Waals surface area contributed by atoms with Crippen molar-refractivity contribution < 1.29 is 14.8 Å². The van der Waals surface area contributed by atoms with Gasteiger partial charge in [0.15, 0.2) is 0 Å². The summed E-state index contributed by atoms with van der Waals surface area (Å²) in [7, 11) is 0. The van der Waals surface area contributed by atoms with Gasteiger partial charge >= 0.3 is 0 Å². The van der Waals surface area contributed by atoms with Crippen molar-refractivity contribution in [2.45, 2.75) is 0 Å². The second-order valence-corrected chi connectivity index (χ2v) is 2.86. The van der Waals surface area contributed by atoms with Gasteiger partial charge in [0.2, 0.25) is 6.20 Å². The van der Waals surface area contributed by atoms with E-state index >= 15 is 0 Å². The average Bonchev–Trinajstić information content (AvgIpc) is 2.25. The number of nitro groups is 3. The van der Waals surface area contributed by atoms with E-state index < -0.39 is 26.1 Å². The van der Waals surface area contributed by atoms with Gasteiger partial charge in [-0.05, 0) is 6.07 Å². The highest BCUT2D eigenvalue weighted by molar-refractivity contribution is 5.63. The van der Waals surface area contributed by atoms with E-state index in [1.165, 1.54) is 0 Å². The Bertz CT molecular complexity index is 524. The average molecular weight is 239 g/mol. The normalized spacial score (nSPS) is 10.4. The molecule has 0 bridgehead atoms. The highest BCUT2D eigenvalue weighted by Crippen LogP contribution is 2.25. The van der Waals surface area contributed by atoms with Gasteiger partial charge in [-0.1, -0.05) is 0 Å². The molecule has 1 rings (SSSR count). The molecule has 0 amide bonds. The summed E-state index contributed by atoms with van der Waals surface area (Å²) in [5.74, 6) is 0. The summed E-state index contributed by atoms with van der Waals surface area (Å²) in [6, 6.07) is 2.86. The lowest BCUT2D eigenvalue weighted by atomic mass is 10.1. The summed E-state index contributed by atoms with van der Waals surface area (Å²) in [4.78, 5) is 28.7. The van der Waals surface area contributed by atoms with Crippen LogP contribution in [0.2, 0.25) is 0 Å². The molecule has 0 spiro atoms. The Hall–Kier alpha value is -2.84. The molecule has 0 aliphatic heterocycles. The van der Waals surface area contributed by atoms with E-state index in [9.17, 15) is 30.3 Å². The monoisotopic (exact) mass is 239 g/mol. The summed E-state index contributed by atoms with van der Waals surface area (Å²) in [6.45, 7) is 0. The Labute approximate surface area is 93.4 Å². The number of hydrogen-bond acceptors (Lipinski definition) is 6. The van der Waals surface area contributed by atoms with E-state index in [-0.39, 0.29) is 5.56 Å². The van der Waals surface area contributed by atoms with Gasteiger partial charge in [-0.2, -0.15) is 0 Å². The summed E-state index contributed by atoms with van der Waals surface area (Å²) in [5, 5.41) is 31.1. The first-order valence-corrected chi connectivity index (χ1v) is 4.16. The van der Waals surface area contributed by atoms with Gasteiger partial charge in [0, 0.05) is 12.1 Å². The molecule has 0 aliphatic carbocycles. The van der Waals surface area contributed by atoms with Crippen LogP contribution in [0.3, 0.4) is 0 Å². The van der Waals surface area contributed by atoms with Crippen LogP contribution in [0.1, 0.15) is 5.56 Å². The molecule has 0 aliphatic rings. The van der Waals surface area contributed by atoms with Gasteiger partial charge in [0.05, 0.1) is 26.4 Å². The van der Waals surface area contributed by atoms with E-state index in [0.717, 1.165) is 24.3 Å². The lowest BCUT2D eigenvalue weighted by Crippen LogP contribution is -1.95. The van der Waals surface area contributed by atoms with Crippen LogP contribution in [-0.2, 0) is 0 Å². The number of hydrogen-bond donors (Lipinski definition) is 0. The topological polar surface area (TPSA) is 129 Å². The van der Waals surface area contributed by atoms with Gasteiger partial charge < -0.3 is 0 Å². The molecule has 9 heteroatoms. The first-order valence-electron chi connectivity index (χ1n) is 4.16. The van der Waals surface area contributed by atoms with E-state index in [1.807, 2.05) is 0 Å². The first kappa shape index (κ1) is 12.2. The standard InChI is InChI=1S/C8H5N3O6/c12-9(13)4-3-6-1-2-7(10(14)15)5-8(6)11(16)17/h1-5H. The highest BCUT2D eigenvalue weighted by atomic mass is 16.6. The fraction of sp³-hybridized carbons (Fsp3) is 0. The quantitative estimate of drug-likeness (QED) is 0.581. The van der Waals surface area contributed by atoms with Crippen molar-refractivity contribution in [3.63, 3.8) is 0 Å². The van der Waals surface area contributed by atoms with Crippen LogP contribution in [0.4, 0.5) is 11.4 Å². The minimum atomic E-state index is -0.841. The van der Waals surface area contributed by atoms with E-state index in [4.69, 9.17) is 0 Å². The second-order valence-electron chi connectivity index (χ2n) is 2.86. The Morgan fingerprint density at radius 1 is 1.00 bits per heavy atom. The highest BCUT2D eigenvalue weighted by Gasteiger charge is 2.18. The minimum Gasteiger partial charge on any atom is -0.259 e. The van der Waals surface area contributed by atoms with Crippen molar-refractivity contribution in [3.8, 4) is 0 Å². The van der Waals surface area contributed by atoms with Gasteiger partial charge in [-0.15, -0.1) is 0 Å². The molecule has 0 radical (unpaired) electrons. The molecule has 1 aromatic carbocycles. The van der Waals surface area contributed by atoms with Crippen molar-refractivity contribution in [1.82, 2.24) is 0 Å². The number of rotatable bonds is 4. The molecule has 9 nitrogen and oxygen atoms in total. The predicted octanol–water partition coefficient (Wildman–Crippen LogP) is 1.75. The van der Waals surface area contributed by atoms with Gasteiger partial charge in [-0.3, -0.25) is 30.3 Å². The Morgan fingerprint density at radius 2 is 1.65 bits per heavy atom. The fourth-order valence-electron chi connectivity index (χ4n) is 1.09. The van der Waals surface area contributed by atoms with Crippen LogP contribution in [0.25, 0.3) is 6.08 Å². The van der Waals surface area contributed by atoms with Crippen LogP contribution >= 0.6 is 0 Å². The second kappa shape index (κ2) is 4.79.